The molecule has 0 radical (unpaired) electrons. The number of rotatable bonds is 4. The van der Waals surface area contributed by atoms with Gasteiger partial charge in [0.15, 0.2) is 0 Å². The van der Waals surface area contributed by atoms with Crippen LogP contribution in [0.4, 0.5) is 13.2 Å². The van der Waals surface area contributed by atoms with E-state index in [0.29, 0.717) is 0 Å². The van der Waals surface area contributed by atoms with Crippen molar-refractivity contribution < 1.29 is 17.9 Å². The summed E-state index contributed by atoms with van der Waals surface area (Å²) in [6, 6.07) is 0. The molecule has 0 aliphatic rings. The molecule has 0 aromatic carbocycles. The largest absolute Gasteiger partial charge is 0.522 e. The second kappa shape index (κ2) is 4.31. The van der Waals surface area contributed by atoms with Crippen LogP contribution in [-0.4, -0.2) is 13.0 Å². The van der Waals surface area contributed by atoms with Gasteiger partial charge in [0.2, 0.25) is 0 Å². The Labute approximate surface area is 77.3 Å². The normalized spacial score (nSPS) is 15.9. The predicted octanol–water partition coefficient (Wildman–Crippen LogP) is 3.60. The molecule has 0 spiro atoms. The van der Waals surface area contributed by atoms with Gasteiger partial charge in [-0.05, 0) is 11.3 Å². The predicted molar refractivity (Wildman–Crippen MR) is 45.2 cm³/mol. The van der Waals surface area contributed by atoms with E-state index in [1.807, 2.05) is 13.8 Å². The molecule has 13 heavy (non-hydrogen) atoms. The van der Waals surface area contributed by atoms with Gasteiger partial charge < -0.3 is 0 Å². The molecule has 1 unspecified atom stereocenters. The number of halogens is 3. The van der Waals surface area contributed by atoms with E-state index >= 15 is 0 Å². The smallest absolute Gasteiger partial charge is 0.291 e. The lowest BCUT2D eigenvalue weighted by molar-refractivity contribution is -0.334. The van der Waals surface area contributed by atoms with Crippen LogP contribution in [0.5, 0.6) is 0 Å². The van der Waals surface area contributed by atoms with Crippen LogP contribution >= 0.6 is 0 Å². The Kier molecular flexibility index (Phi) is 4.23. The minimum absolute atomic E-state index is 0.217. The van der Waals surface area contributed by atoms with E-state index < -0.39 is 11.8 Å². The first-order valence-electron chi connectivity index (χ1n) is 4.39. The molecule has 0 aromatic rings. The van der Waals surface area contributed by atoms with Crippen molar-refractivity contribution in [3.05, 3.63) is 0 Å². The maximum Gasteiger partial charge on any atom is 0.522 e. The van der Waals surface area contributed by atoms with Gasteiger partial charge in [-0.2, -0.15) is 0 Å². The fourth-order valence-corrected chi connectivity index (χ4v) is 0.963. The Morgan fingerprint density at radius 1 is 1.23 bits per heavy atom. The molecule has 1 atom stereocenters. The van der Waals surface area contributed by atoms with Crippen molar-refractivity contribution in [2.24, 2.45) is 11.3 Å². The molecule has 0 aliphatic carbocycles. The summed E-state index contributed by atoms with van der Waals surface area (Å²) in [5, 5.41) is 0. The molecular formula is C9H17F3O. The van der Waals surface area contributed by atoms with E-state index in [1.54, 1.807) is 13.8 Å². The zero-order valence-electron chi connectivity index (χ0n) is 8.53. The lowest BCUT2D eigenvalue weighted by Gasteiger charge is -2.31. The Bertz CT molecular complexity index is 151. The van der Waals surface area contributed by atoms with E-state index in [1.165, 1.54) is 0 Å². The zero-order valence-corrected chi connectivity index (χ0v) is 8.53. The van der Waals surface area contributed by atoms with Crippen LogP contribution in [-0.2, 0) is 4.74 Å². The van der Waals surface area contributed by atoms with Crippen LogP contribution in [0.1, 0.15) is 34.1 Å². The lowest BCUT2D eigenvalue weighted by Crippen LogP contribution is -2.30. The molecular weight excluding hydrogens is 181 g/mol. The third-order valence-electron chi connectivity index (χ3n) is 2.55. The van der Waals surface area contributed by atoms with Gasteiger partial charge >= 0.3 is 6.36 Å². The first kappa shape index (κ1) is 12.8. The molecule has 80 valence electrons. The molecule has 0 fully saturated rings. The summed E-state index contributed by atoms with van der Waals surface area (Å²) in [7, 11) is 0. The number of hydrogen-bond donors (Lipinski definition) is 0. The third kappa shape index (κ3) is 5.13. The van der Waals surface area contributed by atoms with Gasteiger partial charge in [0.05, 0.1) is 6.61 Å². The molecule has 0 bridgehead atoms. The summed E-state index contributed by atoms with van der Waals surface area (Å²) in [6.45, 7) is 7.19. The van der Waals surface area contributed by atoms with E-state index in [-0.39, 0.29) is 12.5 Å². The molecule has 0 N–H and O–H groups in total. The van der Waals surface area contributed by atoms with Gasteiger partial charge in [-0.1, -0.05) is 34.1 Å². The second-order valence-electron chi connectivity index (χ2n) is 4.03. The lowest BCUT2D eigenvalue weighted by atomic mass is 9.79. The molecule has 0 saturated carbocycles. The highest BCUT2D eigenvalue weighted by molar-refractivity contribution is 4.73. The standard InChI is InChI=1S/C9H17F3O/c1-5-7(2)8(3,4)6-13-9(10,11)12/h7H,5-6H2,1-4H3. The van der Waals surface area contributed by atoms with Gasteiger partial charge in [0.1, 0.15) is 0 Å². The number of alkyl halides is 3. The molecule has 1 nitrogen and oxygen atoms in total. The van der Waals surface area contributed by atoms with E-state index in [2.05, 4.69) is 4.74 Å². The minimum Gasteiger partial charge on any atom is -0.291 e. The molecule has 0 amide bonds. The van der Waals surface area contributed by atoms with Gasteiger partial charge in [0.25, 0.3) is 0 Å². The van der Waals surface area contributed by atoms with Crippen molar-refractivity contribution in [3.63, 3.8) is 0 Å². The number of hydrogen-bond acceptors (Lipinski definition) is 1. The maximum absolute atomic E-state index is 11.7. The van der Waals surface area contributed by atoms with Crippen molar-refractivity contribution in [3.8, 4) is 0 Å². The highest BCUT2D eigenvalue weighted by Gasteiger charge is 2.34. The summed E-state index contributed by atoms with van der Waals surface area (Å²) < 4.78 is 39.0. The SMILES string of the molecule is CCC(C)C(C)(C)COC(F)(F)F. The van der Waals surface area contributed by atoms with Crippen molar-refractivity contribution in [2.75, 3.05) is 6.61 Å². The molecule has 0 aliphatic heterocycles. The summed E-state index contributed by atoms with van der Waals surface area (Å²) in [4.78, 5) is 0. The van der Waals surface area contributed by atoms with E-state index in [0.717, 1.165) is 6.42 Å². The third-order valence-corrected chi connectivity index (χ3v) is 2.55. The Balaban J connectivity index is 4.03. The zero-order chi connectivity index (χ0) is 10.7. The van der Waals surface area contributed by atoms with Gasteiger partial charge in [-0.3, -0.25) is 4.74 Å². The molecule has 0 aromatic heterocycles. The maximum atomic E-state index is 11.7. The van der Waals surface area contributed by atoms with Crippen molar-refractivity contribution in [2.45, 2.75) is 40.5 Å². The molecule has 0 rings (SSSR count). The molecule has 4 heteroatoms. The average Bonchev–Trinajstić information content (AvgIpc) is 1.98. The average molecular weight is 198 g/mol. The second-order valence-corrected chi connectivity index (χ2v) is 4.03. The van der Waals surface area contributed by atoms with Crippen LogP contribution in [0.25, 0.3) is 0 Å². The molecule has 0 saturated heterocycles. The fraction of sp³-hybridized carbons (Fsp3) is 1.00. The van der Waals surface area contributed by atoms with E-state index in [4.69, 9.17) is 0 Å². The van der Waals surface area contributed by atoms with Gasteiger partial charge in [0, 0.05) is 0 Å². The number of ether oxygens (including phenoxy) is 1. The first-order valence-corrected chi connectivity index (χ1v) is 4.39. The quantitative estimate of drug-likeness (QED) is 0.670. The van der Waals surface area contributed by atoms with Gasteiger partial charge in [-0.25, -0.2) is 0 Å². The highest BCUT2D eigenvalue weighted by Crippen LogP contribution is 2.31. The van der Waals surface area contributed by atoms with Crippen LogP contribution in [0, 0.1) is 11.3 Å². The first-order chi connectivity index (χ1) is 5.69. The van der Waals surface area contributed by atoms with Crippen LogP contribution in [0.2, 0.25) is 0 Å². The summed E-state index contributed by atoms with van der Waals surface area (Å²) >= 11 is 0. The van der Waals surface area contributed by atoms with E-state index in [9.17, 15) is 13.2 Å². The minimum atomic E-state index is -4.51. The Morgan fingerprint density at radius 3 is 2.00 bits per heavy atom. The summed E-state index contributed by atoms with van der Waals surface area (Å²) in [6.07, 6.45) is -3.65. The monoisotopic (exact) mass is 198 g/mol. The highest BCUT2D eigenvalue weighted by atomic mass is 19.4. The van der Waals surface area contributed by atoms with Gasteiger partial charge in [-0.15, -0.1) is 13.2 Å². The van der Waals surface area contributed by atoms with Crippen molar-refractivity contribution in [1.82, 2.24) is 0 Å². The molecule has 0 heterocycles. The van der Waals surface area contributed by atoms with Crippen molar-refractivity contribution in [1.29, 1.82) is 0 Å². The Hall–Kier alpha value is -0.250. The van der Waals surface area contributed by atoms with Crippen LogP contribution < -0.4 is 0 Å². The Morgan fingerprint density at radius 2 is 1.69 bits per heavy atom. The summed E-state index contributed by atoms with van der Waals surface area (Å²) in [5.41, 5.74) is -0.426. The van der Waals surface area contributed by atoms with Crippen LogP contribution in [0.3, 0.4) is 0 Å². The van der Waals surface area contributed by atoms with Crippen LogP contribution in [0.15, 0.2) is 0 Å². The summed E-state index contributed by atoms with van der Waals surface area (Å²) in [5.74, 6) is 0.217. The van der Waals surface area contributed by atoms with Crippen molar-refractivity contribution >= 4 is 0 Å². The fourth-order valence-electron chi connectivity index (χ4n) is 0.963. The topological polar surface area (TPSA) is 9.23 Å².